The SMILES string of the molecule is CCCCC1(CC)CN(c2ccccc2)c2cc(SC)c(CO)cc2S(=O)(=O)N1Cc1ccc(OC)cc1. The van der Waals surface area contributed by atoms with Gasteiger partial charge in [0.05, 0.1) is 24.9 Å². The van der Waals surface area contributed by atoms with E-state index in [1.165, 1.54) is 11.8 Å². The van der Waals surface area contributed by atoms with Crippen LogP contribution in [0.15, 0.2) is 76.5 Å². The Kier molecular flexibility index (Phi) is 9.08. The van der Waals surface area contributed by atoms with E-state index in [2.05, 4.69) is 18.7 Å². The zero-order chi connectivity index (χ0) is 27.3. The van der Waals surface area contributed by atoms with Crippen LogP contribution in [0.5, 0.6) is 5.75 Å². The fourth-order valence-corrected chi connectivity index (χ4v) is 8.00. The molecule has 4 rings (SSSR count). The van der Waals surface area contributed by atoms with Crippen LogP contribution in [0.3, 0.4) is 0 Å². The van der Waals surface area contributed by atoms with Crippen LogP contribution >= 0.6 is 11.8 Å². The summed E-state index contributed by atoms with van der Waals surface area (Å²) in [6.45, 7) is 4.80. The summed E-state index contributed by atoms with van der Waals surface area (Å²) in [7, 11) is -2.32. The predicted molar refractivity (Wildman–Crippen MR) is 156 cm³/mol. The van der Waals surface area contributed by atoms with Gasteiger partial charge in [-0.2, -0.15) is 4.31 Å². The summed E-state index contributed by atoms with van der Waals surface area (Å²) in [5.41, 5.74) is 2.50. The highest BCUT2D eigenvalue weighted by Gasteiger charge is 2.48. The fraction of sp³-hybridized carbons (Fsp3) is 0.400. The van der Waals surface area contributed by atoms with Crippen molar-refractivity contribution in [1.29, 1.82) is 0 Å². The highest BCUT2D eigenvalue weighted by atomic mass is 32.2. The number of thioether (sulfide) groups is 1. The maximum atomic E-state index is 14.7. The number of anilines is 2. The number of para-hydroxylation sites is 1. The first-order chi connectivity index (χ1) is 18.3. The van der Waals surface area contributed by atoms with Crippen molar-refractivity contribution in [2.75, 3.05) is 24.8 Å². The van der Waals surface area contributed by atoms with Gasteiger partial charge in [0.1, 0.15) is 10.6 Å². The molecule has 38 heavy (non-hydrogen) atoms. The summed E-state index contributed by atoms with van der Waals surface area (Å²) in [5.74, 6) is 0.734. The van der Waals surface area contributed by atoms with Crippen molar-refractivity contribution in [2.24, 2.45) is 0 Å². The number of nitrogens with zero attached hydrogens (tertiary/aromatic N) is 2. The van der Waals surface area contributed by atoms with Crippen molar-refractivity contribution >= 4 is 33.2 Å². The molecule has 0 saturated heterocycles. The van der Waals surface area contributed by atoms with Crippen LogP contribution in [-0.2, 0) is 23.2 Å². The molecule has 1 unspecified atom stereocenters. The Morgan fingerprint density at radius 2 is 1.76 bits per heavy atom. The first kappa shape index (κ1) is 28.5. The first-order valence-corrected chi connectivity index (χ1v) is 15.8. The third-order valence-electron chi connectivity index (χ3n) is 7.58. The molecule has 0 spiro atoms. The molecule has 8 heteroatoms. The molecule has 1 aliphatic rings. The Hall–Kier alpha value is -2.52. The number of hydrogen-bond acceptors (Lipinski definition) is 6. The average Bonchev–Trinajstić information content (AvgIpc) is 3.03. The number of hydrogen-bond donors (Lipinski definition) is 1. The van der Waals surface area contributed by atoms with Crippen molar-refractivity contribution in [1.82, 2.24) is 4.31 Å². The molecule has 204 valence electrons. The largest absolute Gasteiger partial charge is 0.497 e. The summed E-state index contributed by atoms with van der Waals surface area (Å²) < 4.78 is 36.5. The number of ether oxygens (including phenoxy) is 1. The minimum Gasteiger partial charge on any atom is -0.497 e. The van der Waals surface area contributed by atoms with Gasteiger partial charge >= 0.3 is 0 Å². The molecule has 0 aromatic heterocycles. The molecule has 3 aromatic carbocycles. The van der Waals surface area contributed by atoms with Crippen molar-refractivity contribution in [2.45, 2.75) is 68.0 Å². The van der Waals surface area contributed by atoms with Crippen LogP contribution in [0, 0.1) is 0 Å². The lowest BCUT2D eigenvalue weighted by atomic mass is 9.88. The number of unbranched alkanes of at least 4 members (excludes halogenated alkanes) is 1. The molecule has 0 saturated carbocycles. The Morgan fingerprint density at radius 1 is 1.05 bits per heavy atom. The Bertz CT molecular complexity index is 1330. The summed E-state index contributed by atoms with van der Waals surface area (Å²) in [6.07, 6.45) is 5.25. The Morgan fingerprint density at radius 3 is 2.34 bits per heavy atom. The molecule has 1 aliphatic heterocycles. The van der Waals surface area contributed by atoms with Crippen LogP contribution < -0.4 is 9.64 Å². The Balaban J connectivity index is 1.99. The second-order valence-corrected chi connectivity index (χ2v) is 12.4. The predicted octanol–water partition coefficient (Wildman–Crippen LogP) is 6.59. The van der Waals surface area contributed by atoms with E-state index in [1.807, 2.05) is 66.9 Å². The molecule has 1 heterocycles. The molecule has 6 nitrogen and oxygen atoms in total. The number of sulfonamides is 1. The van der Waals surface area contributed by atoms with Gasteiger partial charge in [0.25, 0.3) is 0 Å². The molecule has 0 amide bonds. The van der Waals surface area contributed by atoms with E-state index in [0.29, 0.717) is 24.2 Å². The smallest absolute Gasteiger partial charge is 0.246 e. The van der Waals surface area contributed by atoms with Gasteiger partial charge in [-0.25, -0.2) is 8.42 Å². The van der Waals surface area contributed by atoms with Gasteiger partial charge in [-0.15, -0.1) is 11.8 Å². The fourth-order valence-electron chi connectivity index (χ4n) is 5.32. The summed E-state index contributed by atoms with van der Waals surface area (Å²) in [4.78, 5) is 3.28. The zero-order valence-corrected chi connectivity index (χ0v) is 24.3. The normalized spacial score (nSPS) is 19.1. The molecule has 3 aromatic rings. The van der Waals surface area contributed by atoms with Crippen molar-refractivity contribution in [3.63, 3.8) is 0 Å². The summed E-state index contributed by atoms with van der Waals surface area (Å²) in [6, 6.07) is 21.3. The molecular weight excluding hydrogens is 516 g/mol. The van der Waals surface area contributed by atoms with Gasteiger partial charge in [-0.3, -0.25) is 0 Å². The van der Waals surface area contributed by atoms with Crippen LogP contribution in [-0.4, -0.2) is 43.3 Å². The van der Waals surface area contributed by atoms with Crippen LogP contribution in [0.1, 0.15) is 50.7 Å². The van der Waals surface area contributed by atoms with Crippen molar-refractivity contribution in [3.8, 4) is 5.75 Å². The van der Waals surface area contributed by atoms with Gasteiger partial charge < -0.3 is 14.7 Å². The van der Waals surface area contributed by atoms with E-state index in [0.717, 1.165) is 41.2 Å². The molecule has 0 radical (unpaired) electrons. The van der Waals surface area contributed by atoms with Gasteiger partial charge in [-0.1, -0.05) is 57.0 Å². The molecular formula is C30H38N2O4S2. The van der Waals surface area contributed by atoms with E-state index in [4.69, 9.17) is 4.74 Å². The molecule has 1 N–H and O–H groups in total. The van der Waals surface area contributed by atoms with Gasteiger partial charge in [-0.05, 0) is 66.6 Å². The second kappa shape index (κ2) is 12.1. The van der Waals surface area contributed by atoms with Crippen LogP contribution in [0.2, 0.25) is 0 Å². The standard InChI is InChI=1S/C30H38N2O4S2/c1-5-7-17-30(6-2)22-31(25-11-9-8-10-12-25)27-19-28(37-4)24(21-33)18-29(27)38(34,35)32(30)20-23-13-15-26(36-3)16-14-23/h8-16,18-19,33H,5-7,17,20-22H2,1-4H3. The maximum absolute atomic E-state index is 14.7. The third-order valence-corrected chi connectivity index (χ3v) is 10.4. The topological polar surface area (TPSA) is 70.1 Å². The average molecular weight is 555 g/mol. The van der Waals surface area contributed by atoms with Crippen LogP contribution in [0.4, 0.5) is 11.4 Å². The van der Waals surface area contributed by atoms with E-state index in [-0.39, 0.29) is 18.0 Å². The highest BCUT2D eigenvalue weighted by molar-refractivity contribution is 7.98. The third kappa shape index (κ3) is 5.45. The lowest BCUT2D eigenvalue weighted by Gasteiger charge is -2.43. The van der Waals surface area contributed by atoms with Crippen LogP contribution in [0.25, 0.3) is 0 Å². The zero-order valence-electron chi connectivity index (χ0n) is 22.7. The molecule has 0 fully saturated rings. The number of aliphatic hydroxyl groups is 1. The second-order valence-electron chi connectivity index (χ2n) is 9.75. The van der Waals surface area contributed by atoms with Gasteiger partial charge in [0.15, 0.2) is 0 Å². The quantitative estimate of drug-likeness (QED) is 0.285. The number of fused-ring (bicyclic) bond motifs is 1. The highest BCUT2D eigenvalue weighted by Crippen LogP contribution is 2.46. The molecule has 0 aliphatic carbocycles. The maximum Gasteiger partial charge on any atom is 0.246 e. The van der Waals surface area contributed by atoms with E-state index in [9.17, 15) is 13.5 Å². The first-order valence-electron chi connectivity index (χ1n) is 13.1. The number of methoxy groups -OCH3 is 1. The van der Waals surface area contributed by atoms with Crippen molar-refractivity contribution in [3.05, 3.63) is 77.9 Å². The lowest BCUT2D eigenvalue weighted by Crippen LogP contribution is -2.54. The lowest BCUT2D eigenvalue weighted by molar-refractivity contribution is 0.163. The van der Waals surface area contributed by atoms with E-state index in [1.54, 1.807) is 17.5 Å². The minimum absolute atomic E-state index is 0.225. The monoisotopic (exact) mass is 554 g/mol. The van der Waals surface area contributed by atoms with Gasteiger partial charge in [0.2, 0.25) is 10.0 Å². The van der Waals surface area contributed by atoms with Gasteiger partial charge in [0, 0.05) is 23.7 Å². The van der Waals surface area contributed by atoms with E-state index >= 15 is 0 Å². The Labute approximate surface area is 231 Å². The van der Waals surface area contributed by atoms with E-state index < -0.39 is 15.6 Å². The summed E-state index contributed by atoms with van der Waals surface area (Å²) >= 11 is 1.52. The van der Waals surface area contributed by atoms with Crippen molar-refractivity contribution < 1.29 is 18.3 Å². The molecule has 0 bridgehead atoms. The minimum atomic E-state index is -3.94. The molecule has 1 atom stereocenters. The number of aliphatic hydroxyl groups excluding tert-OH is 1. The number of rotatable bonds is 10. The number of benzene rings is 3. The summed E-state index contributed by atoms with van der Waals surface area (Å²) in [5, 5.41) is 10.1.